The average molecular weight is 217 g/mol. The molecule has 1 aromatic rings. The first-order valence-electron chi connectivity index (χ1n) is 6.57. The van der Waals surface area contributed by atoms with Crippen molar-refractivity contribution in [2.24, 2.45) is 17.6 Å². The van der Waals surface area contributed by atoms with Crippen molar-refractivity contribution in [1.82, 2.24) is 0 Å². The van der Waals surface area contributed by atoms with Gasteiger partial charge in [0.1, 0.15) is 0 Å². The molecule has 88 valence electrons. The van der Waals surface area contributed by atoms with Gasteiger partial charge in [-0.05, 0) is 49.5 Å². The summed E-state index contributed by atoms with van der Waals surface area (Å²) in [5.41, 5.74) is 7.52. The van der Waals surface area contributed by atoms with Crippen molar-refractivity contribution in [3.63, 3.8) is 0 Å². The second-order valence-corrected chi connectivity index (χ2v) is 5.24. The predicted molar refractivity (Wildman–Crippen MR) is 69.2 cm³/mol. The van der Waals surface area contributed by atoms with Gasteiger partial charge in [0.2, 0.25) is 0 Å². The Morgan fingerprint density at radius 1 is 1.19 bits per heavy atom. The van der Waals surface area contributed by atoms with Crippen LogP contribution in [0.4, 0.5) is 0 Å². The van der Waals surface area contributed by atoms with Crippen molar-refractivity contribution in [2.75, 3.05) is 0 Å². The highest BCUT2D eigenvalue weighted by molar-refractivity contribution is 5.14. The zero-order valence-corrected chi connectivity index (χ0v) is 10.2. The summed E-state index contributed by atoms with van der Waals surface area (Å²) >= 11 is 0. The van der Waals surface area contributed by atoms with Gasteiger partial charge in [-0.3, -0.25) is 0 Å². The normalized spacial score (nSPS) is 29.5. The molecule has 0 radical (unpaired) electrons. The van der Waals surface area contributed by atoms with E-state index in [4.69, 9.17) is 5.73 Å². The van der Waals surface area contributed by atoms with Gasteiger partial charge in [-0.25, -0.2) is 0 Å². The highest BCUT2D eigenvalue weighted by atomic mass is 14.7. The van der Waals surface area contributed by atoms with E-state index in [0.29, 0.717) is 6.04 Å². The molecule has 1 aromatic carbocycles. The SMILES string of the molecule is CC1C(N)CCC1CCCc1ccccc1. The molecule has 0 bridgehead atoms. The predicted octanol–water partition coefficient (Wildman–Crippen LogP) is 3.38. The molecule has 1 aliphatic carbocycles. The van der Waals surface area contributed by atoms with Gasteiger partial charge in [-0.2, -0.15) is 0 Å². The van der Waals surface area contributed by atoms with Crippen LogP contribution in [0.2, 0.25) is 0 Å². The lowest BCUT2D eigenvalue weighted by Crippen LogP contribution is -2.25. The van der Waals surface area contributed by atoms with E-state index in [1.807, 2.05) is 0 Å². The van der Waals surface area contributed by atoms with Crippen LogP contribution in [0.15, 0.2) is 30.3 Å². The van der Waals surface area contributed by atoms with Crippen LogP contribution in [0.5, 0.6) is 0 Å². The number of nitrogens with two attached hydrogens (primary N) is 1. The van der Waals surface area contributed by atoms with Gasteiger partial charge in [-0.1, -0.05) is 37.3 Å². The molecule has 16 heavy (non-hydrogen) atoms. The third-order valence-corrected chi connectivity index (χ3v) is 4.17. The molecule has 1 heteroatoms. The Labute approximate surface area is 99.0 Å². The Bertz CT molecular complexity index is 306. The lowest BCUT2D eigenvalue weighted by molar-refractivity contribution is 0.361. The molecular formula is C15H23N. The first-order chi connectivity index (χ1) is 7.77. The topological polar surface area (TPSA) is 26.0 Å². The van der Waals surface area contributed by atoms with Crippen molar-refractivity contribution >= 4 is 0 Å². The lowest BCUT2D eigenvalue weighted by atomic mass is 9.90. The van der Waals surface area contributed by atoms with Crippen LogP contribution in [0.1, 0.15) is 38.2 Å². The standard InChI is InChI=1S/C15H23N/c1-12-14(10-11-15(12)16)9-5-8-13-6-3-2-4-7-13/h2-4,6-7,12,14-15H,5,8-11,16H2,1H3. The van der Waals surface area contributed by atoms with E-state index in [2.05, 4.69) is 37.3 Å². The minimum atomic E-state index is 0.460. The van der Waals surface area contributed by atoms with Gasteiger partial charge in [0.15, 0.2) is 0 Å². The van der Waals surface area contributed by atoms with Gasteiger partial charge in [0, 0.05) is 6.04 Å². The molecule has 1 aliphatic rings. The summed E-state index contributed by atoms with van der Waals surface area (Å²) in [6.45, 7) is 2.32. The van der Waals surface area contributed by atoms with Crippen molar-refractivity contribution in [2.45, 2.75) is 45.1 Å². The van der Waals surface area contributed by atoms with Crippen molar-refractivity contribution < 1.29 is 0 Å². The van der Waals surface area contributed by atoms with E-state index in [1.165, 1.54) is 37.7 Å². The molecule has 1 nitrogen and oxygen atoms in total. The minimum absolute atomic E-state index is 0.460. The minimum Gasteiger partial charge on any atom is -0.327 e. The Hall–Kier alpha value is -0.820. The highest BCUT2D eigenvalue weighted by Gasteiger charge is 2.29. The number of hydrogen-bond donors (Lipinski definition) is 1. The maximum Gasteiger partial charge on any atom is 0.00672 e. The number of aryl methyl sites for hydroxylation is 1. The summed E-state index contributed by atoms with van der Waals surface area (Å²) in [7, 11) is 0. The highest BCUT2D eigenvalue weighted by Crippen LogP contribution is 2.33. The second kappa shape index (κ2) is 5.49. The first kappa shape index (κ1) is 11.7. The Morgan fingerprint density at radius 3 is 2.56 bits per heavy atom. The van der Waals surface area contributed by atoms with Gasteiger partial charge < -0.3 is 5.73 Å². The van der Waals surface area contributed by atoms with Crippen LogP contribution in [0.3, 0.4) is 0 Å². The molecule has 2 rings (SSSR count). The average Bonchev–Trinajstić information content (AvgIpc) is 2.62. The summed E-state index contributed by atoms with van der Waals surface area (Å²) in [5.74, 6) is 1.61. The largest absolute Gasteiger partial charge is 0.327 e. The monoisotopic (exact) mass is 217 g/mol. The van der Waals surface area contributed by atoms with E-state index >= 15 is 0 Å². The van der Waals surface area contributed by atoms with E-state index in [1.54, 1.807) is 0 Å². The fourth-order valence-electron chi connectivity index (χ4n) is 2.90. The summed E-state index contributed by atoms with van der Waals surface area (Å²) in [6, 6.07) is 11.3. The summed E-state index contributed by atoms with van der Waals surface area (Å²) < 4.78 is 0. The molecule has 0 amide bonds. The van der Waals surface area contributed by atoms with Crippen LogP contribution in [-0.4, -0.2) is 6.04 Å². The zero-order valence-electron chi connectivity index (χ0n) is 10.2. The van der Waals surface area contributed by atoms with Crippen LogP contribution >= 0.6 is 0 Å². The Kier molecular flexibility index (Phi) is 4.00. The molecular weight excluding hydrogens is 194 g/mol. The third-order valence-electron chi connectivity index (χ3n) is 4.17. The molecule has 0 aliphatic heterocycles. The molecule has 1 fully saturated rings. The lowest BCUT2D eigenvalue weighted by Gasteiger charge is -2.17. The molecule has 3 unspecified atom stereocenters. The van der Waals surface area contributed by atoms with Crippen molar-refractivity contribution in [1.29, 1.82) is 0 Å². The number of rotatable bonds is 4. The fourth-order valence-corrected chi connectivity index (χ4v) is 2.90. The van der Waals surface area contributed by atoms with Crippen molar-refractivity contribution in [3.8, 4) is 0 Å². The number of hydrogen-bond acceptors (Lipinski definition) is 1. The molecule has 1 saturated carbocycles. The molecule has 2 N–H and O–H groups in total. The summed E-state index contributed by atoms with van der Waals surface area (Å²) in [5, 5.41) is 0. The molecule has 3 atom stereocenters. The van der Waals surface area contributed by atoms with Gasteiger partial charge >= 0.3 is 0 Å². The van der Waals surface area contributed by atoms with Crippen LogP contribution < -0.4 is 5.73 Å². The van der Waals surface area contributed by atoms with Crippen LogP contribution in [-0.2, 0) is 6.42 Å². The zero-order chi connectivity index (χ0) is 11.4. The fraction of sp³-hybridized carbons (Fsp3) is 0.600. The molecule has 0 aromatic heterocycles. The van der Waals surface area contributed by atoms with Gasteiger partial charge in [0.25, 0.3) is 0 Å². The number of benzene rings is 1. The summed E-state index contributed by atoms with van der Waals surface area (Å²) in [4.78, 5) is 0. The summed E-state index contributed by atoms with van der Waals surface area (Å²) in [6.07, 6.45) is 6.46. The Morgan fingerprint density at radius 2 is 1.94 bits per heavy atom. The van der Waals surface area contributed by atoms with E-state index in [0.717, 1.165) is 11.8 Å². The third kappa shape index (κ3) is 2.85. The first-order valence-corrected chi connectivity index (χ1v) is 6.57. The second-order valence-electron chi connectivity index (χ2n) is 5.24. The molecule has 0 spiro atoms. The van der Waals surface area contributed by atoms with Crippen LogP contribution in [0, 0.1) is 11.8 Å². The van der Waals surface area contributed by atoms with Crippen molar-refractivity contribution in [3.05, 3.63) is 35.9 Å². The smallest absolute Gasteiger partial charge is 0.00672 e. The van der Waals surface area contributed by atoms with E-state index < -0.39 is 0 Å². The van der Waals surface area contributed by atoms with E-state index in [9.17, 15) is 0 Å². The quantitative estimate of drug-likeness (QED) is 0.822. The van der Waals surface area contributed by atoms with Gasteiger partial charge in [0.05, 0.1) is 0 Å². The maximum atomic E-state index is 6.05. The van der Waals surface area contributed by atoms with Gasteiger partial charge in [-0.15, -0.1) is 0 Å². The molecule has 0 heterocycles. The van der Waals surface area contributed by atoms with E-state index in [-0.39, 0.29) is 0 Å². The van der Waals surface area contributed by atoms with Crippen LogP contribution in [0.25, 0.3) is 0 Å². The maximum absolute atomic E-state index is 6.05. The molecule has 0 saturated heterocycles. The Balaban J connectivity index is 1.73.